The molecule has 0 N–H and O–H groups in total. The largest absolute Gasteiger partial charge is 0.466 e. The van der Waals surface area contributed by atoms with Gasteiger partial charge in [0.25, 0.3) is 5.56 Å². The summed E-state index contributed by atoms with van der Waals surface area (Å²) in [6.07, 6.45) is 1.03. The van der Waals surface area contributed by atoms with Crippen molar-refractivity contribution in [3.63, 3.8) is 0 Å². The molecule has 0 saturated carbocycles. The molecule has 1 fully saturated rings. The van der Waals surface area contributed by atoms with Gasteiger partial charge < -0.3 is 4.74 Å². The standard InChI is InChI=1S/C15H23N3O6S/c1-5-24-14(20)11-7-6-8-18(9-11)25(22,23)12-10(2)16(3)15(21)17(4)13(12)19/h11H,5-9H2,1-4H3. The van der Waals surface area contributed by atoms with E-state index in [1.807, 2.05) is 0 Å². The van der Waals surface area contributed by atoms with Crippen molar-refractivity contribution in [2.24, 2.45) is 20.0 Å². The Kier molecular flexibility index (Phi) is 5.52. The fourth-order valence-corrected chi connectivity index (χ4v) is 4.83. The number of carbonyl (C=O) groups excluding carboxylic acids is 1. The van der Waals surface area contributed by atoms with Crippen LogP contribution < -0.4 is 11.2 Å². The summed E-state index contributed by atoms with van der Waals surface area (Å²) in [4.78, 5) is 35.9. The molecule has 0 bridgehead atoms. The normalized spacial score (nSPS) is 19.0. The third-order valence-electron chi connectivity index (χ3n) is 4.51. The monoisotopic (exact) mass is 373 g/mol. The molecule has 0 spiro atoms. The van der Waals surface area contributed by atoms with Crippen molar-refractivity contribution in [3.8, 4) is 0 Å². The van der Waals surface area contributed by atoms with Gasteiger partial charge in [-0.2, -0.15) is 4.31 Å². The van der Waals surface area contributed by atoms with Crippen molar-refractivity contribution < 1.29 is 17.9 Å². The van der Waals surface area contributed by atoms with Crippen LogP contribution in [0.25, 0.3) is 0 Å². The SMILES string of the molecule is CCOC(=O)C1CCCN(S(=O)(=O)c2c(C)n(C)c(=O)n(C)c2=O)C1. The maximum absolute atomic E-state index is 13.0. The van der Waals surface area contributed by atoms with Gasteiger partial charge in [-0.3, -0.25) is 18.7 Å². The number of carbonyl (C=O) groups is 1. The van der Waals surface area contributed by atoms with Crippen LogP contribution in [0.1, 0.15) is 25.5 Å². The molecule has 0 aromatic carbocycles. The van der Waals surface area contributed by atoms with Crippen LogP contribution >= 0.6 is 0 Å². The lowest BCUT2D eigenvalue weighted by molar-refractivity contribution is -0.149. The molecule has 1 aromatic rings. The van der Waals surface area contributed by atoms with E-state index in [0.717, 1.165) is 13.4 Å². The Balaban J connectivity index is 2.48. The fourth-order valence-electron chi connectivity index (χ4n) is 2.95. The quantitative estimate of drug-likeness (QED) is 0.650. The molecule has 9 nitrogen and oxygen atoms in total. The lowest BCUT2D eigenvalue weighted by Crippen LogP contribution is -2.47. The molecule has 1 unspecified atom stereocenters. The van der Waals surface area contributed by atoms with Crippen molar-refractivity contribution in [1.82, 2.24) is 13.4 Å². The van der Waals surface area contributed by atoms with Gasteiger partial charge in [-0.05, 0) is 26.7 Å². The number of piperidine rings is 1. The lowest BCUT2D eigenvalue weighted by Gasteiger charge is -2.31. The summed E-state index contributed by atoms with van der Waals surface area (Å²) < 4.78 is 34.0. The van der Waals surface area contributed by atoms with Crippen LogP contribution in [0.4, 0.5) is 0 Å². The van der Waals surface area contributed by atoms with Gasteiger partial charge in [0.1, 0.15) is 0 Å². The minimum Gasteiger partial charge on any atom is -0.466 e. The van der Waals surface area contributed by atoms with Gasteiger partial charge in [0.15, 0.2) is 4.90 Å². The highest BCUT2D eigenvalue weighted by molar-refractivity contribution is 7.89. The summed E-state index contributed by atoms with van der Waals surface area (Å²) in [6, 6.07) is 0. The molecule has 0 aliphatic carbocycles. The molecule has 0 radical (unpaired) electrons. The average Bonchev–Trinajstić information content (AvgIpc) is 2.58. The summed E-state index contributed by atoms with van der Waals surface area (Å²) in [5.74, 6) is -0.993. The van der Waals surface area contributed by atoms with E-state index < -0.39 is 38.1 Å². The molecule has 1 aliphatic heterocycles. The fraction of sp³-hybridized carbons (Fsp3) is 0.667. The van der Waals surface area contributed by atoms with Crippen molar-refractivity contribution in [2.45, 2.75) is 31.6 Å². The second-order valence-electron chi connectivity index (χ2n) is 6.07. The van der Waals surface area contributed by atoms with E-state index in [-0.39, 0.29) is 25.4 Å². The third-order valence-corrected chi connectivity index (χ3v) is 6.50. The zero-order chi connectivity index (χ0) is 18.9. The Hall–Kier alpha value is -1.94. The van der Waals surface area contributed by atoms with Gasteiger partial charge >= 0.3 is 11.7 Å². The van der Waals surface area contributed by atoms with Gasteiger partial charge in [0.2, 0.25) is 10.0 Å². The highest BCUT2D eigenvalue weighted by Crippen LogP contribution is 2.24. The van der Waals surface area contributed by atoms with Gasteiger partial charge in [0.05, 0.1) is 12.5 Å². The van der Waals surface area contributed by atoms with Crippen LogP contribution in [0.3, 0.4) is 0 Å². The smallest absolute Gasteiger partial charge is 0.330 e. The molecule has 10 heteroatoms. The Morgan fingerprint density at radius 3 is 2.48 bits per heavy atom. The van der Waals surface area contributed by atoms with Gasteiger partial charge in [-0.1, -0.05) is 0 Å². The number of aromatic nitrogens is 2. The minimum atomic E-state index is -4.13. The molecule has 1 aliphatic rings. The van der Waals surface area contributed by atoms with Gasteiger partial charge in [0, 0.05) is 32.9 Å². The predicted octanol–water partition coefficient (Wildman–Crippen LogP) is -0.644. The van der Waals surface area contributed by atoms with Crippen molar-refractivity contribution in [1.29, 1.82) is 0 Å². The van der Waals surface area contributed by atoms with Crippen LogP contribution in [-0.2, 0) is 33.7 Å². The molecule has 1 saturated heterocycles. The van der Waals surface area contributed by atoms with E-state index in [0.29, 0.717) is 12.8 Å². The Labute approximate surface area is 145 Å². The Morgan fingerprint density at radius 2 is 1.88 bits per heavy atom. The second-order valence-corrected chi connectivity index (χ2v) is 7.95. The number of sulfonamides is 1. The first-order chi connectivity index (χ1) is 11.6. The molecule has 1 aromatic heterocycles. The van der Waals surface area contributed by atoms with Crippen molar-refractivity contribution >= 4 is 16.0 Å². The predicted molar refractivity (Wildman–Crippen MR) is 89.8 cm³/mol. The number of hydrogen-bond donors (Lipinski definition) is 0. The molecule has 2 rings (SSSR count). The van der Waals surface area contributed by atoms with E-state index in [1.165, 1.54) is 21.0 Å². The molecule has 1 atom stereocenters. The second kappa shape index (κ2) is 7.12. The first kappa shape index (κ1) is 19.4. The maximum Gasteiger partial charge on any atom is 0.330 e. The highest BCUT2D eigenvalue weighted by atomic mass is 32.2. The molecular weight excluding hydrogens is 350 g/mol. The van der Waals surface area contributed by atoms with E-state index in [1.54, 1.807) is 6.92 Å². The van der Waals surface area contributed by atoms with Crippen LogP contribution in [0.15, 0.2) is 14.5 Å². The molecule has 0 amide bonds. The van der Waals surface area contributed by atoms with Crippen molar-refractivity contribution in [3.05, 3.63) is 26.5 Å². The molecule has 2 heterocycles. The van der Waals surface area contributed by atoms with Gasteiger partial charge in [-0.15, -0.1) is 0 Å². The molecule has 25 heavy (non-hydrogen) atoms. The third kappa shape index (κ3) is 3.40. The maximum atomic E-state index is 13.0. The van der Waals surface area contributed by atoms with E-state index in [2.05, 4.69) is 0 Å². The van der Waals surface area contributed by atoms with Crippen LogP contribution in [0.2, 0.25) is 0 Å². The summed E-state index contributed by atoms with van der Waals surface area (Å²) in [7, 11) is -1.49. The van der Waals surface area contributed by atoms with E-state index in [4.69, 9.17) is 4.74 Å². The average molecular weight is 373 g/mol. The zero-order valence-electron chi connectivity index (χ0n) is 14.8. The van der Waals surface area contributed by atoms with Crippen LogP contribution in [0.5, 0.6) is 0 Å². The number of esters is 1. The highest BCUT2D eigenvalue weighted by Gasteiger charge is 2.37. The Bertz CT molecular complexity index is 899. The number of ether oxygens (including phenoxy) is 1. The van der Waals surface area contributed by atoms with Crippen LogP contribution in [-0.4, -0.2) is 47.5 Å². The first-order valence-electron chi connectivity index (χ1n) is 8.06. The first-order valence-corrected chi connectivity index (χ1v) is 9.50. The number of nitrogens with zero attached hydrogens (tertiary/aromatic N) is 3. The summed E-state index contributed by atoms with van der Waals surface area (Å²) in [5.41, 5.74) is -1.38. The number of hydrogen-bond acceptors (Lipinski definition) is 6. The lowest BCUT2D eigenvalue weighted by atomic mass is 10.0. The summed E-state index contributed by atoms with van der Waals surface area (Å²) in [6.45, 7) is 3.51. The molecule has 140 valence electrons. The van der Waals surface area contributed by atoms with E-state index >= 15 is 0 Å². The topological polar surface area (TPSA) is 108 Å². The Morgan fingerprint density at radius 1 is 1.24 bits per heavy atom. The summed E-state index contributed by atoms with van der Waals surface area (Å²) in [5, 5.41) is 0. The van der Waals surface area contributed by atoms with Gasteiger partial charge in [-0.25, -0.2) is 13.2 Å². The van der Waals surface area contributed by atoms with Crippen LogP contribution in [0, 0.1) is 12.8 Å². The molecular formula is C15H23N3O6S. The summed E-state index contributed by atoms with van der Waals surface area (Å²) >= 11 is 0. The zero-order valence-corrected chi connectivity index (χ0v) is 15.6. The van der Waals surface area contributed by atoms with Crippen molar-refractivity contribution in [2.75, 3.05) is 19.7 Å². The number of rotatable bonds is 4. The van der Waals surface area contributed by atoms with E-state index in [9.17, 15) is 22.8 Å². The minimum absolute atomic E-state index is 0.0351.